The number of aromatic nitrogens is 1. The van der Waals surface area contributed by atoms with Crippen LogP contribution in [-0.2, 0) is 4.79 Å². The van der Waals surface area contributed by atoms with Gasteiger partial charge in [-0.2, -0.15) is 0 Å². The van der Waals surface area contributed by atoms with Gasteiger partial charge in [-0.15, -0.1) is 23.2 Å². The molecule has 0 radical (unpaired) electrons. The molecule has 1 aromatic heterocycles. The SMILES string of the molecule is CC1(C(=O)NNC(=O)c2cc(Br)c[nH]2)CC1(Cl)Cl. The zero-order chi connectivity index (χ0) is 13.6. The van der Waals surface area contributed by atoms with Crippen LogP contribution in [0, 0.1) is 5.41 Å². The number of aromatic amines is 1. The lowest BCUT2D eigenvalue weighted by Crippen LogP contribution is -2.45. The third kappa shape index (κ3) is 2.37. The molecule has 5 nitrogen and oxygen atoms in total. The summed E-state index contributed by atoms with van der Waals surface area (Å²) in [6, 6.07) is 1.59. The molecule has 2 amide bonds. The number of amides is 2. The molecule has 1 fully saturated rings. The third-order valence-electron chi connectivity index (χ3n) is 2.94. The van der Waals surface area contributed by atoms with E-state index in [0.717, 1.165) is 4.47 Å². The summed E-state index contributed by atoms with van der Waals surface area (Å²) >= 11 is 14.9. The number of carbonyl (C=O) groups is 2. The number of hydrazine groups is 1. The minimum Gasteiger partial charge on any atom is -0.356 e. The molecular formula is C10H10BrCl2N3O2. The van der Waals surface area contributed by atoms with E-state index in [2.05, 4.69) is 31.8 Å². The van der Waals surface area contributed by atoms with E-state index in [1.165, 1.54) is 0 Å². The molecule has 18 heavy (non-hydrogen) atoms. The molecule has 0 saturated heterocycles. The van der Waals surface area contributed by atoms with Gasteiger partial charge in [-0.05, 0) is 35.3 Å². The van der Waals surface area contributed by atoms with Gasteiger partial charge >= 0.3 is 0 Å². The first-order chi connectivity index (χ1) is 8.26. The Morgan fingerprint density at radius 2 is 2.06 bits per heavy atom. The smallest absolute Gasteiger partial charge is 0.286 e. The van der Waals surface area contributed by atoms with Crippen LogP contribution < -0.4 is 10.9 Å². The average molecular weight is 355 g/mol. The molecule has 0 aliphatic heterocycles. The lowest BCUT2D eigenvalue weighted by atomic mass is 10.1. The van der Waals surface area contributed by atoms with Crippen LogP contribution in [0.4, 0.5) is 0 Å². The standard InChI is InChI=1S/C10H10BrCl2N3O2/c1-9(4-10(9,12)13)8(18)16-15-7(17)6-2-5(11)3-14-6/h2-3,14H,4H2,1H3,(H,15,17)(H,16,18). The molecule has 1 saturated carbocycles. The van der Waals surface area contributed by atoms with E-state index >= 15 is 0 Å². The number of halogens is 3. The highest BCUT2D eigenvalue weighted by atomic mass is 79.9. The monoisotopic (exact) mass is 353 g/mol. The fraction of sp³-hybridized carbons (Fsp3) is 0.400. The number of hydrogen-bond donors (Lipinski definition) is 3. The van der Waals surface area contributed by atoms with Gasteiger partial charge in [0.25, 0.3) is 5.91 Å². The van der Waals surface area contributed by atoms with E-state index in [-0.39, 0.29) is 0 Å². The Labute approximate surface area is 122 Å². The summed E-state index contributed by atoms with van der Waals surface area (Å²) in [5.41, 5.74) is 4.06. The molecule has 1 aliphatic rings. The Morgan fingerprint density at radius 3 is 2.50 bits per heavy atom. The molecule has 98 valence electrons. The molecule has 1 atom stereocenters. The lowest BCUT2D eigenvalue weighted by molar-refractivity contribution is -0.126. The summed E-state index contributed by atoms with van der Waals surface area (Å²) in [4.78, 5) is 26.1. The molecule has 0 spiro atoms. The van der Waals surface area contributed by atoms with Crippen LogP contribution in [0.15, 0.2) is 16.7 Å². The number of carbonyl (C=O) groups excluding carboxylic acids is 2. The number of H-pyrrole nitrogens is 1. The lowest BCUT2D eigenvalue weighted by Gasteiger charge is -2.12. The summed E-state index contributed by atoms with van der Waals surface area (Å²) < 4.78 is -0.314. The number of alkyl halides is 2. The normalized spacial score (nSPS) is 24.4. The largest absolute Gasteiger partial charge is 0.356 e. The van der Waals surface area contributed by atoms with E-state index in [0.29, 0.717) is 12.1 Å². The summed E-state index contributed by atoms with van der Waals surface area (Å²) in [6.45, 7) is 1.64. The maximum atomic E-state index is 11.8. The molecule has 1 aliphatic carbocycles. The maximum Gasteiger partial charge on any atom is 0.286 e. The van der Waals surface area contributed by atoms with Gasteiger partial charge in [0.1, 0.15) is 10.0 Å². The van der Waals surface area contributed by atoms with Crippen LogP contribution in [0.5, 0.6) is 0 Å². The Bertz CT molecular complexity index is 517. The van der Waals surface area contributed by atoms with Crippen molar-refractivity contribution >= 4 is 50.9 Å². The highest BCUT2D eigenvalue weighted by Gasteiger charge is 2.68. The van der Waals surface area contributed by atoms with Gasteiger partial charge in [-0.3, -0.25) is 20.4 Å². The van der Waals surface area contributed by atoms with E-state index in [4.69, 9.17) is 23.2 Å². The minimum atomic E-state index is -1.06. The highest BCUT2D eigenvalue weighted by molar-refractivity contribution is 9.10. The molecule has 1 heterocycles. The zero-order valence-electron chi connectivity index (χ0n) is 9.31. The van der Waals surface area contributed by atoms with E-state index in [9.17, 15) is 9.59 Å². The van der Waals surface area contributed by atoms with Crippen molar-refractivity contribution in [1.82, 2.24) is 15.8 Å². The maximum absolute atomic E-state index is 11.8. The Morgan fingerprint density at radius 1 is 1.44 bits per heavy atom. The van der Waals surface area contributed by atoms with Crippen LogP contribution in [0.1, 0.15) is 23.8 Å². The third-order valence-corrected chi connectivity index (χ3v) is 4.50. The first-order valence-electron chi connectivity index (χ1n) is 5.09. The van der Waals surface area contributed by atoms with Crippen molar-refractivity contribution in [2.24, 2.45) is 5.41 Å². The summed E-state index contributed by atoms with van der Waals surface area (Å²) in [7, 11) is 0. The van der Waals surface area contributed by atoms with Crippen LogP contribution >= 0.6 is 39.1 Å². The van der Waals surface area contributed by atoms with E-state index < -0.39 is 21.6 Å². The Kier molecular flexibility index (Phi) is 3.38. The van der Waals surface area contributed by atoms with Crippen LogP contribution in [0.25, 0.3) is 0 Å². The van der Waals surface area contributed by atoms with Crippen molar-refractivity contribution in [2.45, 2.75) is 17.7 Å². The second kappa shape index (κ2) is 4.43. The van der Waals surface area contributed by atoms with Gasteiger partial charge in [-0.1, -0.05) is 0 Å². The number of nitrogens with one attached hydrogen (secondary N) is 3. The van der Waals surface area contributed by atoms with Crippen LogP contribution in [0.3, 0.4) is 0 Å². The van der Waals surface area contributed by atoms with Crippen LogP contribution in [-0.4, -0.2) is 21.1 Å². The molecule has 0 aromatic carbocycles. The van der Waals surface area contributed by atoms with Crippen LogP contribution in [0.2, 0.25) is 0 Å². The van der Waals surface area contributed by atoms with Crippen molar-refractivity contribution < 1.29 is 9.59 Å². The zero-order valence-corrected chi connectivity index (χ0v) is 12.4. The van der Waals surface area contributed by atoms with E-state index in [1.807, 2.05) is 0 Å². The first kappa shape index (κ1) is 13.7. The predicted octanol–water partition coefficient (Wildman–Crippen LogP) is 2.12. The molecule has 1 aromatic rings. The van der Waals surface area contributed by atoms with Crippen molar-refractivity contribution in [1.29, 1.82) is 0 Å². The number of hydrogen-bond acceptors (Lipinski definition) is 2. The molecule has 8 heteroatoms. The van der Waals surface area contributed by atoms with Crippen molar-refractivity contribution in [3.8, 4) is 0 Å². The first-order valence-corrected chi connectivity index (χ1v) is 6.64. The Hall–Kier alpha value is -0.720. The molecule has 3 N–H and O–H groups in total. The van der Waals surface area contributed by atoms with Gasteiger partial charge in [0.05, 0.1) is 5.41 Å². The second-order valence-corrected chi connectivity index (χ2v) is 6.75. The van der Waals surface area contributed by atoms with Gasteiger partial charge in [0.15, 0.2) is 0 Å². The molecule has 1 unspecified atom stereocenters. The van der Waals surface area contributed by atoms with Crippen molar-refractivity contribution in [3.63, 3.8) is 0 Å². The fourth-order valence-corrected chi connectivity index (χ4v) is 2.51. The van der Waals surface area contributed by atoms with Crippen molar-refractivity contribution in [2.75, 3.05) is 0 Å². The summed E-state index contributed by atoms with van der Waals surface area (Å²) in [5.74, 6) is -0.862. The van der Waals surface area contributed by atoms with Gasteiger partial charge in [0, 0.05) is 10.7 Å². The summed E-state index contributed by atoms with van der Waals surface area (Å²) in [5, 5.41) is 0. The predicted molar refractivity (Wildman–Crippen MR) is 71.3 cm³/mol. The quantitative estimate of drug-likeness (QED) is 0.562. The number of rotatable bonds is 2. The topological polar surface area (TPSA) is 74.0 Å². The molecular weight excluding hydrogens is 345 g/mol. The fourth-order valence-electron chi connectivity index (χ4n) is 1.46. The van der Waals surface area contributed by atoms with E-state index in [1.54, 1.807) is 19.2 Å². The molecule has 0 bridgehead atoms. The summed E-state index contributed by atoms with van der Waals surface area (Å²) in [6.07, 6.45) is 1.97. The Balaban J connectivity index is 1.90. The van der Waals surface area contributed by atoms with Crippen molar-refractivity contribution in [3.05, 3.63) is 22.4 Å². The highest BCUT2D eigenvalue weighted by Crippen LogP contribution is 2.63. The second-order valence-electron chi connectivity index (χ2n) is 4.35. The average Bonchev–Trinajstić information content (AvgIpc) is 2.63. The molecule has 2 rings (SSSR count). The minimum absolute atomic E-state index is 0.325. The van der Waals surface area contributed by atoms with Gasteiger partial charge in [-0.25, -0.2) is 0 Å². The van der Waals surface area contributed by atoms with Gasteiger partial charge < -0.3 is 4.98 Å². The van der Waals surface area contributed by atoms with Gasteiger partial charge in [0.2, 0.25) is 5.91 Å².